The van der Waals surface area contributed by atoms with Crippen LogP contribution in [0.15, 0.2) is 6.08 Å². The van der Waals surface area contributed by atoms with Gasteiger partial charge in [0.25, 0.3) is 0 Å². The van der Waals surface area contributed by atoms with Crippen molar-refractivity contribution >= 4 is 43.6 Å². The third kappa shape index (κ3) is 1.52. The second kappa shape index (κ2) is 3.42. The standard InChI is InChI=1S/C8H7ClIN3/c1-11-7-6-4(10)2-3-5(6)12-8(9)13-7/h2H,3H2,1H3,(H,11,12,13). The molecular weight excluding hydrogens is 300 g/mol. The molecule has 0 radical (unpaired) electrons. The average molecular weight is 308 g/mol. The van der Waals surface area contributed by atoms with Crippen LogP contribution in [-0.4, -0.2) is 17.0 Å². The van der Waals surface area contributed by atoms with Crippen molar-refractivity contribution in [1.29, 1.82) is 0 Å². The number of hydrogen-bond donors (Lipinski definition) is 1. The molecular formula is C8H7ClIN3. The predicted octanol–water partition coefficient (Wildman–Crippen LogP) is 2.50. The van der Waals surface area contributed by atoms with Crippen LogP contribution in [0.1, 0.15) is 11.3 Å². The van der Waals surface area contributed by atoms with Gasteiger partial charge >= 0.3 is 0 Å². The Hall–Kier alpha value is -0.360. The van der Waals surface area contributed by atoms with Crippen molar-refractivity contribution in [2.75, 3.05) is 12.4 Å². The smallest absolute Gasteiger partial charge is 0.224 e. The molecule has 0 aliphatic heterocycles. The van der Waals surface area contributed by atoms with Gasteiger partial charge in [-0.15, -0.1) is 0 Å². The number of hydrogen-bond acceptors (Lipinski definition) is 3. The summed E-state index contributed by atoms with van der Waals surface area (Å²) in [5, 5.41) is 3.33. The Morgan fingerprint density at radius 2 is 2.31 bits per heavy atom. The van der Waals surface area contributed by atoms with Gasteiger partial charge in [0.05, 0.1) is 11.3 Å². The van der Waals surface area contributed by atoms with Crippen LogP contribution in [0.5, 0.6) is 0 Å². The zero-order valence-corrected chi connectivity index (χ0v) is 9.85. The fraction of sp³-hybridized carbons (Fsp3) is 0.250. The molecule has 1 aliphatic carbocycles. The van der Waals surface area contributed by atoms with Crippen LogP contribution in [0, 0.1) is 0 Å². The molecule has 3 nitrogen and oxygen atoms in total. The molecule has 0 unspecified atom stereocenters. The lowest BCUT2D eigenvalue weighted by Crippen LogP contribution is -2.01. The number of allylic oxidation sites excluding steroid dienone is 1. The summed E-state index contributed by atoms with van der Waals surface area (Å²) in [5.74, 6) is 0.813. The number of aromatic nitrogens is 2. The molecule has 68 valence electrons. The van der Waals surface area contributed by atoms with Crippen LogP contribution < -0.4 is 5.32 Å². The fourth-order valence-electron chi connectivity index (χ4n) is 1.35. The molecule has 1 aromatic rings. The Morgan fingerprint density at radius 3 is 3.00 bits per heavy atom. The molecule has 1 N–H and O–H groups in total. The van der Waals surface area contributed by atoms with E-state index in [0.717, 1.165) is 23.5 Å². The Bertz CT molecular complexity index is 389. The zero-order valence-electron chi connectivity index (χ0n) is 6.93. The molecule has 0 aromatic carbocycles. The summed E-state index contributed by atoms with van der Waals surface area (Å²) < 4.78 is 1.19. The third-order valence-corrected chi connectivity index (χ3v) is 3.06. The van der Waals surface area contributed by atoms with E-state index in [1.54, 1.807) is 0 Å². The number of anilines is 1. The molecule has 0 saturated carbocycles. The molecule has 1 aromatic heterocycles. The van der Waals surface area contributed by atoms with Crippen molar-refractivity contribution in [2.24, 2.45) is 0 Å². The van der Waals surface area contributed by atoms with Gasteiger partial charge in [-0.3, -0.25) is 0 Å². The van der Waals surface area contributed by atoms with E-state index in [1.165, 1.54) is 3.58 Å². The fourth-order valence-corrected chi connectivity index (χ4v) is 2.32. The molecule has 1 aliphatic rings. The predicted molar refractivity (Wildman–Crippen MR) is 62.3 cm³/mol. The lowest BCUT2D eigenvalue weighted by atomic mass is 10.2. The maximum atomic E-state index is 5.77. The highest BCUT2D eigenvalue weighted by Gasteiger charge is 2.19. The van der Waals surface area contributed by atoms with Gasteiger partial charge in [0, 0.05) is 17.0 Å². The summed E-state index contributed by atoms with van der Waals surface area (Å²) in [5.41, 5.74) is 2.10. The number of halogens is 2. The molecule has 0 spiro atoms. The maximum absolute atomic E-state index is 5.77. The van der Waals surface area contributed by atoms with Crippen molar-refractivity contribution in [3.8, 4) is 0 Å². The van der Waals surface area contributed by atoms with E-state index in [-0.39, 0.29) is 0 Å². The summed E-state index contributed by atoms with van der Waals surface area (Å²) in [4.78, 5) is 8.28. The quantitative estimate of drug-likeness (QED) is 0.640. The molecule has 0 atom stereocenters. The summed E-state index contributed by atoms with van der Waals surface area (Å²) in [6.07, 6.45) is 2.97. The van der Waals surface area contributed by atoms with E-state index in [4.69, 9.17) is 11.6 Å². The van der Waals surface area contributed by atoms with E-state index in [1.807, 2.05) is 7.05 Å². The third-order valence-electron chi connectivity index (χ3n) is 1.91. The van der Waals surface area contributed by atoms with Gasteiger partial charge in [0.1, 0.15) is 5.82 Å². The maximum Gasteiger partial charge on any atom is 0.224 e. The first kappa shape index (κ1) is 9.21. The second-order valence-corrected chi connectivity index (χ2v) is 4.17. The van der Waals surface area contributed by atoms with Gasteiger partial charge < -0.3 is 5.32 Å². The van der Waals surface area contributed by atoms with E-state index < -0.39 is 0 Å². The van der Waals surface area contributed by atoms with Crippen molar-refractivity contribution < 1.29 is 0 Å². The molecule has 5 heteroatoms. The molecule has 0 amide bonds. The monoisotopic (exact) mass is 307 g/mol. The number of nitrogens with one attached hydrogen (secondary N) is 1. The summed E-state index contributed by atoms with van der Waals surface area (Å²) in [7, 11) is 1.83. The molecule has 0 saturated heterocycles. The Kier molecular flexibility index (Phi) is 2.42. The van der Waals surface area contributed by atoms with Crippen molar-refractivity contribution in [3.63, 3.8) is 0 Å². The minimum atomic E-state index is 0.308. The molecule has 2 rings (SSSR count). The van der Waals surface area contributed by atoms with Gasteiger partial charge in [0.2, 0.25) is 5.28 Å². The van der Waals surface area contributed by atoms with Gasteiger partial charge in [-0.2, -0.15) is 0 Å². The molecule has 0 fully saturated rings. The average Bonchev–Trinajstić information content (AvgIpc) is 2.46. The van der Waals surface area contributed by atoms with E-state index in [2.05, 4.69) is 44.0 Å². The highest BCUT2D eigenvalue weighted by molar-refractivity contribution is 14.1. The lowest BCUT2D eigenvalue weighted by Gasteiger charge is -2.06. The Morgan fingerprint density at radius 1 is 1.54 bits per heavy atom. The Labute approximate surface area is 94.7 Å². The van der Waals surface area contributed by atoms with Crippen LogP contribution in [-0.2, 0) is 6.42 Å². The lowest BCUT2D eigenvalue weighted by molar-refractivity contribution is 1.06. The first-order valence-corrected chi connectivity index (χ1v) is 5.28. The van der Waals surface area contributed by atoms with Crippen LogP contribution in [0.4, 0.5) is 5.82 Å². The normalized spacial score (nSPS) is 13.9. The van der Waals surface area contributed by atoms with Gasteiger partial charge in [0.15, 0.2) is 0 Å². The minimum absolute atomic E-state index is 0.308. The van der Waals surface area contributed by atoms with E-state index in [0.29, 0.717) is 5.28 Å². The number of rotatable bonds is 1. The van der Waals surface area contributed by atoms with Crippen LogP contribution >= 0.6 is 34.2 Å². The SMILES string of the molecule is CNc1nc(Cl)nc2c1C(I)=CC2. The van der Waals surface area contributed by atoms with Gasteiger partial charge in [-0.25, -0.2) is 9.97 Å². The number of fused-ring (bicyclic) bond motifs is 1. The van der Waals surface area contributed by atoms with Crippen molar-refractivity contribution in [3.05, 3.63) is 22.6 Å². The van der Waals surface area contributed by atoms with Gasteiger partial charge in [-0.05, 0) is 34.2 Å². The van der Waals surface area contributed by atoms with Crippen molar-refractivity contribution in [2.45, 2.75) is 6.42 Å². The summed E-state index contributed by atoms with van der Waals surface area (Å²) in [6, 6.07) is 0. The molecule has 13 heavy (non-hydrogen) atoms. The minimum Gasteiger partial charge on any atom is -0.372 e. The second-order valence-electron chi connectivity index (χ2n) is 2.67. The topological polar surface area (TPSA) is 37.8 Å². The zero-order chi connectivity index (χ0) is 9.42. The van der Waals surface area contributed by atoms with Crippen molar-refractivity contribution in [1.82, 2.24) is 9.97 Å². The molecule has 1 heterocycles. The largest absolute Gasteiger partial charge is 0.372 e. The molecule has 0 bridgehead atoms. The summed E-state index contributed by atoms with van der Waals surface area (Å²) >= 11 is 8.05. The highest BCUT2D eigenvalue weighted by Crippen LogP contribution is 2.36. The highest BCUT2D eigenvalue weighted by atomic mass is 127. The first-order valence-electron chi connectivity index (χ1n) is 3.82. The Balaban J connectivity index is 2.63. The summed E-state index contributed by atoms with van der Waals surface area (Å²) in [6.45, 7) is 0. The first-order chi connectivity index (χ1) is 6.22. The van der Waals surface area contributed by atoms with Crippen LogP contribution in [0.25, 0.3) is 3.58 Å². The van der Waals surface area contributed by atoms with Crippen LogP contribution in [0.3, 0.4) is 0 Å². The van der Waals surface area contributed by atoms with E-state index >= 15 is 0 Å². The van der Waals surface area contributed by atoms with Gasteiger partial charge in [-0.1, -0.05) is 6.08 Å². The van der Waals surface area contributed by atoms with Crippen LogP contribution in [0.2, 0.25) is 5.28 Å². The van der Waals surface area contributed by atoms with E-state index in [9.17, 15) is 0 Å². The number of nitrogens with zero attached hydrogens (tertiary/aromatic N) is 2.